The Morgan fingerprint density at radius 3 is 1.08 bits per heavy atom. The van der Waals surface area contributed by atoms with Crippen molar-refractivity contribution in [2.45, 2.75) is 0 Å². The fourth-order valence-corrected chi connectivity index (χ4v) is 2.57. The summed E-state index contributed by atoms with van der Waals surface area (Å²) < 4.78 is 48.7. The van der Waals surface area contributed by atoms with E-state index < -0.39 is 0 Å². The number of hydrogen-bond acceptors (Lipinski definition) is 12. The Hall–Kier alpha value is -1.58. The van der Waals surface area contributed by atoms with Gasteiger partial charge in [0, 0.05) is 6.54 Å². The molecule has 0 saturated carbocycles. The second-order valence-electron chi connectivity index (χ2n) is 7.17. The standard InChI is InChI=1S/C24H44N2O10/c25-5-6-28-7-8-29-9-10-30-11-12-31-13-14-32-15-16-33-17-18-34-19-20-35-21-22-36-24-3-1-23(26-27)2-4-24/h1-4,26-27H,5-22,25H2. The van der Waals surface area contributed by atoms with Crippen molar-refractivity contribution in [2.24, 2.45) is 5.73 Å². The number of benzene rings is 1. The summed E-state index contributed by atoms with van der Waals surface area (Å²) in [6, 6.07) is 6.97. The maximum absolute atomic E-state index is 8.76. The topological polar surface area (TPSA) is 141 Å². The van der Waals surface area contributed by atoms with Gasteiger partial charge in [0.05, 0.1) is 111 Å². The summed E-state index contributed by atoms with van der Waals surface area (Å²) in [6.07, 6.45) is 0. The molecule has 0 amide bonds. The molecule has 36 heavy (non-hydrogen) atoms. The van der Waals surface area contributed by atoms with Crippen LogP contribution in [0.1, 0.15) is 0 Å². The Morgan fingerprint density at radius 1 is 0.472 bits per heavy atom. The molecule has 0 fully saturated rings. The lowest BCUT2D eigenvalue weighted by Crippen LogP contribution is -2.15. The smallest absolute Gasteiger partial charge is 0.119 e. The summed E-state index contributed by atoms with van der Waals surface area (Å²) >= 11 is 0. The molecule has 1 rings (SSSR count). The van der Waals surface area contributed by atoms with Gasteiger partial charge in [-0.1, -0.05) is 0 Å². The summed E-state index contributed by atoms with van der Waals surface area (Å²) in [6.45, 7) is 9.22. The van der Waals surface area contributed by atoms with Gasteiger partial charge >= 0.3 is 0 Å². The van der Waals surface area contributed by atoms with Crippen LogP contribution in [0.5, 0.6) is 5.75 Å². The average molecular weight is 521 g/mol. The summed E-state index contributed by atoms with van der Waals surface area (Å²) in [4.78, 5) is 0. The Bertz CT molecular complexity index is 568. The van der Waals surface area contributed by atoms with Crippen molar-refractivity contribution in [1.29, 1.82) is 0 Å². The van der Waals surface area contributed by atoms with Gasteiger partial charge in [0.25, 0.3) is 0 Å². The summed E-state index contributed by atoms with van der Waals surface area (Å²) in [5.74, 6) is 0.714. The molecular formula is C24H44N2O10. The van der Waals surface area contributed by atoms with Crippen LogP contribution in [-0.4, -0.2) is 124 Å². The van der Waals surface area contributed by atoms with Crippen LogP contribution in [0.15, 0.2) is 24.3 Å². The number of rotatable bonds is 28. The van der Waals surface area contributed by atoms with Crippen LogP contribution in [-0.2, 0) is 37.9 Å². The van der Waals surface area contributed by atoms with E-state index in [0.717, 1.165) is 0 Å². The molecule has 0 aliphatic carbocycles. The van der Waals surface area contributed by atoms with Crippen LogP contribution in [0.25, 0.3) is 0 Å². The third-order valence-corrected chi connectivity index (χ3v) is 4.35. The van der Waals surface area contributed by atoms with Crippen molar-refractivity contribution >= 4 is 5.69 Å². The minimum absolute atomic E-state index is 0.441. The zero-order valence-corrected chi connectivity index (χ0v) is 21.2. The molecule has 0 radical (unpaired) electrons. The molecule has 0 aromatic heterocycles. The molecule has 1 aromatic carbocycles. The van der Waals surface area contributed by atoms with Crippen molar-refractivity contribution in [3.8, 4) is 5.75 Å². The molecule has 12 heteroatoms. The van der Waals surface area contributed by atoms with Gasteiger partial charge in [0.15, 0.2) is 0 Å². The van der Waals surface area contributed by atoms with Gasteiger partial charge in [-0.2, -0.15) is 0 Å². The quantitative estimate of drug-likeness (QED) is 0.107. The predicted molar refractivity (Wildman–Crippen MR) is 133 cm³/mol. The van der Waals surface area contributed by atoms with Gasteiger partial charge < -0.3 is 48.4 Å². The van der Waals surface area contributed by atoms with Crippen LogP contribution in [0, 0.1) is 0 Å². The first-order valence-corrected chi connectivity index (χ1v) is 12.3. The van der Waals surface area contributed by atoms with Crippen molar-refractivity contribution < 1.29 is 47.8 Å². The maximum Gasteiger partial charge on any atom is 0.119 e. The third kappa shape index (κ3) is 21.7. The Kier molecular flexibility index (Phi) is 23.9. The highest BCUT2D eigenvalue weighted by Gasteiger charge is 1.97. The molecule has 0 aliphatic heterocycles. The maximum atomic E-state index is 8.76. The normalized spacial score (nSPS) is 11.2. The molecule has 0 saturated heterocycles. The van der Waals surface area contributed by atoms with Crippen molar-refractivity contribution in [2.75, 3.05) is 124 Å². The van der Waals surface area contributed by atoms with Crippen LogP contribution in [0.4, 0.5) is 5.69 Å². The Balaban J connectivity index is 1.67. The molecule has 0 aliphatic rings. The van der Waals surface area contributed by atoms with Crippen molar-refractivity contribution in [3.63, 3.8) is 0 Å². The lowest BCUT2D eigenvalue weighted by Gasteiger charge is -2.09. The Morgan fingerprint density at radius 2 is 0.778 bits per heavy atom. The molecular weight excluding hydrogens is 476 g/mol. The van der Waals surface area contributed by atoms with Gasteiger partial charge in [-0.05, 0) is 24.3 Å². The summed E-state index contributed by atoms with van der Waals surface area (Å²) in [5, 5.41) is 8.76. The molecule has 12 nitrogen and oxygen atoms in total. The molecule has 0 atom stereocenters. The Labute approximate surface area is 214 Å². The molecule has 210 valence electrons. The van der Waals surface area contributed by atoms with Gasteiger partial charge in [0.1, 0.15) is 12.4 Å². The molecule has 1 aromatic rings. The highest BCUT2D eigenvalue weighted by atomic mass is 16.6. The monoisotopic (exact) mass is 520 g/mol. The number of anilines is 1. The molecule has 0 bridgehead atoms. The lowest BCUT2D eigenvalue weighted by molar-refractivity contribution is -0.0234. The molecule has 0 unspecified atom stereocenters. The minimum atomic E-state index is 0.441. The first-order valence-electron chi connectivity index (χ1n) is 12.3. The molecule has 4 N–H and O–H groups in total. The average Bonchev–Trinajstić information content (AvgIpc) is 2.91. The van der Waals surface area contributed by atoms with Crippen molar-refractivity contribution in [3.05, 3.63) is 24.3 Å². The van der Waals surface area contributed by atoms with Crippen LogP contribution < -0.4 is 16.0 Å². The number of nitrogens with two attached hydrogens (primary N) is 1. The first-order chi connectivity index (χ1) is 17.9. The minimum Gasteiger partial charge on any atom is -0.491 e. The number of nitrogens with one attached hydrogen (secondary N) is 1. The summed E-state index contributed by atoms with van der Waals surface area (Å²) in [7, 11) is 0. The van der Waals surface area contributed by atoms with E-state index in [1.807, 2.05) is 0 Å². The van der Waals surface area contributed by atoms with E-state index in [1.165, 1.54) is 0 Å². The summed E-state index contributed by atoms with van der Waals surface area (Å²) in [5.41, 5.74) is 7.99. The second kappa shape index (κ2) is 26.5. The number of ether oxygens (including phenoxy) is 9. The predicted octanol–water partition coefficient (Wildman–Crippen LogP) is 0.958. The molecule has 0 heterocycles. The third-order valence-electron chi connectivity index (χ3n) is 4.35. The second-order valence-corrected chi connectivity index (χ2v) is 7.17. The zero-order valence-electron chi connectivity index (χ0n) is 21.2. The fourth-order valence-electron chi connectivity index (χ4n) is 2.57. The fraction of sp³-hybridized carbons (Fsp3) is 0.750. The SMILES string of the molecule is NCCOCCOCCOCCOCCOCCOCCOCCOCCOc1ccc(NO)cc1. The van der Waals surface area contributed by atoms with Crippen LogP contribution in [0.3, 0.4) is 0 Å². The highest BCUT2D eigenvalue weighted by Crippen LogP contribution is 2.14. The largest absolute Gasteiger partial charge is 0.491 e. The first kappa shape index (κ1) is 32.4. The van der Waals surface area contributed by atoms with E-state index in [2.05, 4.69) is 5.48 Å². The highest BCUT2D eigenvalue weighted by molar-refractivity contribution is 5.44. The van der Waals surface area contributed by atoms with Gasteiger partial charge in [0.2, 0.25) is 0 Å². The van der Waals surface area contributed by atoms with Gasteiger partial charge in [-0.25, -0.2) is 0 Å². The van der Waals surface area contributed by atoms with E-state index in [-0.39, 0.29) is 0 Å². The van der Waals surface area contributed by atoms with Gasteiger partial charge in [-0.15, -0.1) is 0 Å². The van der Waals surface area contributed by atoms with Gasteiger partial charge in [-0.3, -0.25) is 10.7 Å². The van der Waals surface area contributed by atoms with E-state index >= 15 is 0 Å². The van der Waals surface area contributed by atoms with E-state index in [9.17, 15) is 0 Å². The number of hydrogen-bond donors (Lipinski definition) is 3. The molecule has 0 spiro atoms. The van der Waals surface area contributed by atoms with Crippen molar-refractivity contribution in [1.82, 2.24) is 0 Å². The van der Waals surface area contributed by atoms with E-state index in [0.29, 0.717) is 130 Å². The van der Waals surface area contributed by atoms with Crippen LogP contribution in [0.2, 0.25) is 0 Å². The van der Waals surface area contributed by atoms with E-state index in [1.54, 1.807) is 24.3 Å². The zero-order chi connectivity index (χ0) is 25.8. The lowest BCUT2D eigenvalue weighted by atomic mass is 10.3. The van der Waals surface area contributed by atoms with Crippen LogP contribution >= 0.6 is 0 Å². The van der Waals surface area contributed by atoms with E-state index in [4.69, 9.17) is 53.6 Å².